The third-order valence-corrected chi connectivity index (χ3v) is 4.22. The summed E-state index contributed by atoms with van der Waals surface area (Å²) in [5.41, 5.74) is 4.56. The Bertz CT molecular complexity index is 719. The number of benzene rings is 2. The van der Waals surface area contributed by atoms with Crippen molar-refractivity contribution in [3.8, 4) is 0 Å². The minimum atomic E-state index is 0.518. The lowest BCUT2D eigenvalue weighted by Gasteiger charge is -2.01. The van der Waals surface area contributed by atoms with Crippen LogP contribution in [0.25, 0.3) is 0 Å². The van der Waals surface area contributed by atoms with Crippen molar-refractivity contribution in [2.75, 3.05) is 0 Å². The van der Waals surface area contributed by atoms with Crippen LogP contribution < -0.4 is 0 Å². The number of hydrogen-bond acceptors (Lipinski definition) is 2. The molecule has 23 heavy (non-hydrogen) atoms. The Morgan fingerprint density at radius 3 is 1.96 bits per heavy atom. The highest BCUT2D eigenvalue weighted by atomic mass is 35.5. The van der Waals surface area contributed by atoms with Crippen molar-refractivity contribution in [2.45, 2.75) is 24.6 Å². The van der Waals surface area contributed by atoms with Gasteiger partial charge in [0.15, 0.2) is 5.82 Å². The molecule has 0 amide bonds. The number of H-pyrrole nitrogens is 1. The molecular weight excluding hydrogens is 329 g/mol. The topological polar surface area (TPSA) is 41.6 Å². The van der Waals surface area contributed by atoms with Crippen molar-refractivity contribution in [2.24, 2.45) is 0 Å². The fourth-order valence-corrected chi connectivity index (χ4v) is 2.85. The Morgan fingerprint density at radius 1 is 0.783 bits per heavy atom. The molecule has 0 aliphatic carbocycles. The molecule has 0 spiro atoms. The molecule has 0 saturated carbocycles. The second kappa shape index (κ2) is 7.62. The molecule has 1 aromatic heterocycles. The summed E-state index contributed by atoms with van der Waals surface area (Å²) in [5.74, 6) is 2.69. The van der Waals surface area contributed by atoms with Crippen LogP contribution in [-0.2, 0) is 24.6 Å². The van der Waals surface area contributed by atoms with Crippen LogP contribution in [0.5, 0.6) is 0 Å². The number of aromatic nitrogens is 3. The molecule has 3 nitrogen and oxygen atoms in total. The summed E-state index contributed by atoms with van der Waals surface area (Å²) in [6, 6.07) is 16.4. The lowest BCUT2D eigenvalue weighted by atomic mass is 10.1. The maximum Gasteiger partial charge on any atom is 0.155 e. The highest BCUT2D eigenvalue weighted by Gasteiger charge is 2.06. The zero-order valence-electron chi connectivity index (χ0n) is 12.6. The van der Waals surface area contributed by atoms with Crippen LogP contribution in [0.1, 0.15) is 33.9 Å². The van der Waals surface area contributed by atoms with E-state index in [9.17, 15) is 0 Å². The standard InChI is InChI=1S/C18H17Cl2N3/c19-11-15-5-1-3-13(7-15)9-17-21-18(23-22-17)10-14-4-2-6-16(8-14)12-20/h1-8H,9-12H2,(H,21,22,23). The summed E-state index contributed by atoms with van der Waals surface area (Å²) >= 11 is 11.7. The van der Waals surface area contributed by atoms with E-state index in [1.54, 1.807) is 0 Å². The first-order valence-corrected chi connectivity index (χ1v) is 8.51. The van der Waals surface area contributed by atoms with Crippen molar-refractivity contribution in [3.05, 3.63) is 82.4 Å². The zero-order valence-corrected chi connectivity index (χ0v) is 14.1. The number of nitrogens with one attached hydrogen (secondary N) is 1. The van der Waals surface area contributed by atoms with Crippen LogP contribution in [0.3, 0.4) is 0 Å². The van der Waals surface area contributed by atoms with Crippen LogP contribution in [0, 0.1) is 0 Å². The SMILES string of the molecule is ClCc1cccc(Cc2n[nH]c(Cc3cccc(CCl)c3)n2)c1. The maximum absolute atomic E-state index is 5.88. The average Bonchev–Trinajstić information content (AvgIpc) is 3.02. The lowest BCUT2D eigenvalue weighted by molar-refractivity contribution is 0.956. The highest BCUT2D eigenvalue weighted by molar-refractivity contribution is 6.17. The highest BCUT2D eigenvalue weighted by Crippen LogP contribution is 2.13. The van der Waals surface area contributed by atoms with Crippen molar-refractivity contribution in [3.63, 3.8) is 0 Å². The van der Waals surface area contributed by atoms with E-state index in [2.05, 4.69) is 39.4 Å². The first-order chi connectivity index (χ1) is 11.3. The van der Waals surface area contributed by atoms with Gasteiger partial charge in [-0.05, 0) is 22.3 Å². The van der Waals surface area contributed by atoms with Crippen LogP contribution in [0.2, 0.25) is 0 Å². The van der Waals surface area contributed by atoms with Crippen LogP contribution >= 0.6 is 23.2 Å². The minimum absolute atomic E-state index is 0.518. The second-order valence-corrected chi connectivity index (χ2v) is 5.99. The van der Waals surface area contributed by atoms with Gasteiger partial charge in [-0.2, -0.15) is 5.10 Å². The molecular formula is C18H17Cl2N3. The van der Waals surface area contributed by atoms with Crippen molar-refractivity contribution in [1.82, 2.24) is 15.2 Å². The van der Waals surface area contributed by atoms with Gasteiger partial charge in [0.1, 0.15) is 5.82 Å². The molecule has 2 aromatic carbocycles. The molecule has 1 heterocycles. The van der Waals surface area contributed by atoms with E-state index in [-0.39, 0.29) is 0 Å². The van der Waals surface area contributed by atoms with Crippen molar-refractivity contribution < 1.29 is 0 Å². The van der Waals surface area contributed by atoms with Crippen molar-refractivity contribution in [1.29, 1.82) is 0 Å². The predicted molar refractivity (Wildman–Crippen MR) is 94.0 cm³/mol. The summed E-state index contributed by atoms with van der Waals surface area (Å²) in [7, 11) is 0. The van der Waals surface area contributed by atoms with Crippen LogP contribution in [0.4, 0.5) is 0 Å². The number of aromatic amines is 1. The van der Waals surface area contributed by atoms with E-state index in [1.807, 2.05) is 24.3 Å². The molecule has 0 aliphatic rings. The summed E-state index contributed by atoms with van der Waals surface area (Å²) in [6.07, 6.45) is 1.42. The molecule has 0 saturated heterocycles. The van der Waals surface area contributed by atoms with Crippen molar-refractivity contribution >= 4 is 23.2 Å². The van der Waals surface area contributed by atoms with Crippen LogP contribution in [0.15, 0.2) is 48.5 Å². The smallest absolute Gasteiger partial charge is 0.155 e. The Balaban J connectivity index is 1.70. The summed E-state index contributed by atoms with van der Waals surface area (Å²) in [4.78, 5) is 4.58. The quantitative estimate of drug-likeness (QED) is 0.670. The van der Waals surface area contributed by atoms with E-state index in [4.69, 9.17) is 23.2 Å². The second-order valence-electron chi connectivity index (χ2n) is 5.46. The Labute approximate surface area is 145 Å². The van der Waals surface area contributed by atoms with Gasteiger partial charge in [0.05, 0.1) is 0 Å². The van der Waals surface area contributed by atoms with Gasteiger partial charge in [-0.15, -0.1) is 23.2 Å². The van der Waals surface area contributed by atoms with E-state index >= 15 is 0 Å². The average molecular weight is 346 g/mol. The summed E-state index contributed by atoms with van der Waals surface area (Å²) in [5, 5.41) is 7.33. The molecule has 0 atom stereocenters. The number of hydrogen-bond donors (Lipinski definition) is 1. The predicted octanol–water partition coefficient (Wildman–Crippen LogP) is 4.46. The normalized spacial score (nSPS) is 10.9. The Kier molecular flexibility index (Phi) is 5.31. The number of halogens is 2. The Hall–Kier alpha value is -1.84. The van der Waals surface area contributed by atoms with Gasteiger partial charge in [0, 0.05) is 24.6 Å². The fourth-order valence-electron chi connectivity index (χ4n) is 2.51. The molecule has 118 valence electrons. The lowest BCUT2D eigenvalue weighted by Crippen LogP contribution is -1.94. The van der Waals surface area contributed by atoms with Crippen LogP contribution in [-0.4, -0.2) is 15.2 Å². The molecule has 1 N–H and O–H groups in total. The number of nitrogens with zero attached hydrogens (tertiary/aromatic N) is 2. The maximum atomic E-state index is 5.88. The molecule has 0 radical (unpaired) electrons. The van der Waals surface area contributed by atoms with Gasteiger partial charge in [-0.3, -0.25) is 5.10 Å². The molecule has 0 fully saturated rings. The third kappa shape index (κ3) is 4.34. The van der Waals surface area contributed by atoms with E-state index in [0.717, 1.165) is 34.8 Å². The number of alkyl halides is 2. The van der Waals surface area contributed by atoms with Gasteiger partial charge in [0.2, 0.25) is 0 Å². The number of rotatable bonds is 6. The third-order valence-electron chi connectivity index (χ3n) is 3.60. The fraction of sp³-hybridized carbons (Fsp3) is 0.222. The molecule has 3 rings (SSSR count). The summed E-state index contributed by atoms with van der Waals surface area (Å²) < 4.78 is 0. The largest absolute Gasteiger partial charge is 0.263 e. The molecule has 0 aliphatic heterocycles. The van der Waals surface area contributed by atoms with E-state index in [0.29, 0.717) is 18.2 Å². The van der Waals surface area contributed by atoms with E-state index in [1.165, 1.54) is 5.56 Å². The van der Waals surface area contributed by atoms with Gasteiger partial charge in [-0.25, -0.2) is 4.98 Å². The molecule has 5 heteroatoms. The van der Waals surface area contributed by atoms with E-state index < -0.39 is 0 Å². The zero-order chi connectivity index (χ0) is 16.1. The molecule has 0 unspecified atom stereocenters. The molecule has 0 bridgehead atoms. The van der Waals surface area contributed by atoms with Gasteiger partial charge in [-0.1, -0.05) is 48.5 Å². The first-order valence-electron chi connectivity index (χ1n) is 7.44. The summed E-state index contributed by atoms with van der Waals surface area (Å²) in [6.45, 7) is 0. The minimum Gasteiger partial charge on any atom is -0.263 e. The van der Waals surface area contributed by atoms with Gasteiger partial charge >= 0.3 is 0 Å². The molecule has 3 aromatic rings. The monoisotopic (exact) mass is 345 g/mol. The van der Waals surface area contributed by atoms with Gasteiger partial charge in [0.25, 0.3) is 0 Å². The Morgan fingerprint density at radius 2 is 1.35 bits per heavy atom. The first kappa shape index (κ1) is 16.0. The van der Waals surface area contributed by atoms with Gasteiger partial charge < -0.3 is 0 Å².